The van der Waals surface area contributed by atoms with Crippen LogP contribution >= 0.6 is 11.3 Å². The zero-order valence-electron chi connectivity index (χ0n) is 13.1. The van der Waals surface area contributed by atoms with Gasteiger partial charge in [0.15, 0.2) is 0 Å². The number of hydrogen-bond acceptors (Lipinski definition) is 5. The van der Waals surface area contributed by atoms with Gasteiger partial charge in [-0.25, -0.2) is 8.42 Å². The Morgan fingerprint density at radius 2 is 1.95 bits per heavy atom. The lowest BCUT2D eigenvalue weighted by molar-refractivity contribution is 0.188. The van der Waals surface area contributed by atoms with Crippen LogP contribution in [0.25, 0.3) is 0 Å². The summed E-state index contributed by atoms with van der Waals surface area (Å²) < 4.78 is 27.2. The lowest BCUT2D eigenvalue weighted by atomic mass is 10.3. The second kappa shape index (κ2) is 7.19. The van der Waals surface area contributed by atoms with E-state index >= 15 is 0 Å². The van der Waals surface area contributed by atoms with Crippen LogP contribution in [0.5, 0.6) is 0 Å². The van der Waals surface area contributed by atoms with Crippen LogP contribution in [0.4, 0.5) is 0 Å². The van der Waals surface area contributed by atoms with Crippen LogP contribution in [0, 0.1) is 6.92 Å². The number of thiophene rings is 1. The summed E-state index contributed by atoms with van der Waals surface area (Å²) in [6.45, 7) is 8.67. The number of sulfonamides is 1. The van der Waals surface area contributed by atoms with Gasteiger partial charge in [-0.1, -0.05) is 6.92 Å². The Hall–Kier alpha value is -0.470. The SMILES string of the molecule is CCCN1CCN(S(=O)(=O)c2cc(CNC)sc2C)CC1. The molecule has 21 heavy (non-hydrogen) atoms. The Morgan fingerprint density at radius 1 is 1.29 bits per heavy atom. The number of piperazine rings is 1. The van der Waals surface area contributed by atoms with Crippen LogP contribution in [0.3, 0.4) is 0 Å². The highest BCUT2D eigenvalue weighted by Crippen LogP contribution is 2.28. The first-order valence-electron chi connectivity index (χ1n) is 7.45. The number of aryl methyl sites for hydroxylation is 1. The number of nitrogens with zero attached hydrogens (tertiary/aromatic N) is 2. The van der Waals surface area contributed by atoms with Crippen LogP contribution in [0.15, 0.2) is 11.0 Å². The predicted molar refractivity (Wildman–Crippen MR) is 87.3 cm³/mol. The van der Waals surface area contributed by atoms with Crippen LogP contribution in [-0.4, -0.2) is 57.4 Å². The molecular weight excluding hydrogens is 306 g/mol. The van der Waals surface area contributed by atoms with E-state index in [-0.39, 0.29) is 0 Å². The molecule has 2 heterocycles. The van der Waals surface area contributed by atoms with E-state index in [1.165, 1.54) is 0 Å². The minimum absolute atomic E-state index is 0.488. The molecule has 0 spiro atoms. The van der Waals surface area contributed by atoms with Gasteiger partial charge in [0.25, 0.3) is 0 Å². The van der Waals surface area contributed by atoms with Crippen molar-refractivity contribution in [3.8, 4) is 0 Å². The van der Waals surface area contributed by atoms with Crippen molar-refractivity contribution in [3.63, 3.8) is 0 Å². The molecule has 1 saturated heterocycles. The molecule has 0 aromatic carbocycles. The molecule has 7 heteroatoms. The van der Waals surface area contributed by atoms with Crippen molar-refractivity contribution in [1.29, 1.82) is 0 Å². The minimum atomic E-state index is -3.34. The van der Waals surface area contributed by atoms with Gasteiger partial charge in [0.2, 0.25) is 10.0 Å². The van der Waals surface area contributed by atoms with Crippen molar-refractivity contribution in [2.45, 2.75) is 31.7 Å². The highest BCUT2D eigenvalue weighted by atomic mass is 32.2. The molecule has 1 aliphatic heterocycles. The average Bonchev–Trinajstić information content (AvgIpc) is 2.82. The molecule has 2 rings (SSSR count). The van der Waals surface area contributed by atoms with Crippen LogP contribution < -0.4 is 5.32 Å². The lowest BCUT2D eigenvalue weighted by Gasteiger charge is -2.33. The summed E-state index contributed by atoms with van der Waals surface area (Å²) in [6.07, 6.45) is 1.11. The Labute approximate surface area is 132 Å². The molecule has 0 unspecified atom stereocenters. The van der Waals surface area contributed by atoms with E-state index in [0.717, 1.165) is 35.8 Å². The summed E-state index contributed by atoms with van der Waals surface area (Å²) in [6, 6.07) is 1.82. The molecule has 0 amide bonds. The van der Waals surface area contributed by atoms with Crippen molar-refractivity contribution in [2.24, 2.45) is 0 Å². The van der Waals surface area contributed by atoms with Crippen LogP contribution in [-0.2, 0) is 16.6 Å². The van der Waals surface area contributed by atoms with E-state index in [4.69, 9.17) is 0 Å². The van der Waals surface area contributed by atoms with Gasteiger partial charge in [-0.2, -0.15) is 4.31 Å². The lowest BCUT2D eigenvalue weighted by Crippen LogP contribution is -2.48. The highest BCUT2D eigenvalue weighted by Gasteiger charge is 2.30. The first kappa shape index (κ1) is 16.9. The van der Waals surface area contributed by atoms with Gasteiger partial charge in [0.1, 0.15) is 0 Å². The third kappa shape index (κ3) is 3.84. The van der Waals surface area contributed by atoms with E-state index < -0.39 is 10.0 Å². The quantitative estimate of drug-likeness (QED) is 0.858. The second-order valence-corrected chi connectivity index (χ2v) is 8.66. The molecule has 1 aliphatic rings. The maximum absolute atomic E-state index is 12.8. The molecule has 0 radical (unpaired) electrons. The molecule has 1 N–H and O–H groups in total. The van der Waals surface area contributed by atoms with E-state index in [0.29, 0.717) is 24.5 Å². The summed E-state index contributed by atoms with van der Waals surface area (Å²) in [7, 11) is -1.47. The van der Waals surface area contributed by atoms with Crippen molar-refractivity contribution in [2.75, 3.05) is 39.8 Å². The predicted octanol–water partition coefficient (Wildman–Crippen LogP) is 1.49. The van der Waals surface area contributed by atoms with Crippen LogP contribution in [0.2, 0.25) is 0 Å². The molecule has 1 fully saturated rings. The van der Waals surface area contributed by atoms with Crippen molar-refractivity contribution in [1.82, 2.24) is 14.5 Å². The van der Waals surface area contributed by atoms with Gasteiger partial charge in [-0.05, 0) is 33.0 Å². The minimum Gasteiger partial charge on any atom is -0.315 e. The Kier molecular flexibility index (Phi) is 5.79. The fourth-order valence-electron chi connectivity index (χ4n) is 2.69. The summed E-state index contributed by atoms with van der Waals surface area (Å²) in [5.41, 5.74) is 0. The first-order valence-corrected chi connectivity index (χ1v) is 9.71. The molecular formula is C14H25N3O2S2. The smallest absolute Gasteiger partial charge is 0.244 e. The maximum Gasteiger partial charge on any atom is 0.244 e. The molecule has 1 aromatic rings. The van der Waals surface area contributed by atoms with Crippen molar-refractivity contribution in [3.05, 3.63) is 15.8 Å². The fraction of sp³-hybridized carbons (Fsp3) is 0.714. The summed E-state index contributed by atoms with van der Waals surface area (Å²) in [4.78, 5) is 4.77. The summed E-state index contributed by atoms with van der Waals surface area (Å²) in [5, 5.41) is 3.07. The molecule has 0 saturated carbocycles. The van der Waals surface area contributed by atoms with Gasteiger partial charge in [0.05, 0.1) is 4.90 Å². The Bertz CT molecular complexity index is 561. The third-order valence-electron chi connectivity index (χ3n) is 3.76. The Morgan fingerprint density at radius 3 is 2.52 bits per heavy atom. The highest BCUT2D eigenvalue weighted by molar-refractivity contribution is 7.89. The molecule has 5 nitrogen and oxygen atoms in total. The van der Waals surface area contributed by atoms with E-state index in [1.54, 1.807) is 15.6 Å². The van der Waals surface area contributed by atoms with E-state index in [2.05, 4.69) is 17.1 Å². The van der Waals surface area contributed by atoms with E-state index in [1.807, 2.05) is 20.0 Å². The summed E-state index contributed by atoms with van der Waals surface area (Å²) >= 11 is 1.56. The van der Waals surface area contributed by atoms with Gasteiger partial charge in [-0.3, -0.25) is 0 Å². The number of rotatable bonds is 6. The van der Waals surface area contributed by atoms with Gasteiger partial charge >= 0.3 is 0 Å². The zero-order chi connectivity index (χ0) is 15.5. The number of hydrogen-bond donors (Lipinski definition) is 1. The first-order chi connectivity index (χ1) is 9.98. The largest absolute Gasteiger partial charge is 0.315 e. The second-order valence-electron chi connectivity index (χ2n) is 5.41. The monoisotopic (exact) mass is 331 g/mol. The molecule has 0 atom stereocenters. The topological polar surface area (TPSA) is 52.7 Å². The van der Waals surface area contributed by atoms with E-state index in [9.17, 15) is 8.42 Å². The van der Waals surface area contributed by atoms with Gasteiger partial charge < -0.3 is 10.2 Å². The van der Waals surface area contributed by atoms with Crippen molar-refractivity contribution >= 4 is 21.4 Å². The normalized spacial score (nSPS) is 18.2. The standard InChI is InChI=1S/C14H25N3O2S2/c1-4-5-16-6-8-17(9-7-16)21(18,19)14-10-13(11-15-3)20-12(14)2/h10,15H,4-9,11H2,1-3H3. The van der Waals surface area contributed by atoms with Gasteiger partial charge in [0, 0.05) is 42.5 Å². The molecule has 0 bridgehead atoms. The van der Waals surface area contributed by atoms with Crippen molar-refractivity contribution < 1.29 is 8.42 Å². The fourth-order valence-corrected chi connectivity index (χ4v) is 5.73. The molecule has 0 aliphatic carbocycles. The van der Waals surface area contributed by atoms with Gasteiger partial charge in [-0.15, -0.1) is 11.3 Å². The Balaban J connectivity index is 2.12. The molecule has 120 valence electrons. The maximum atomic E-state index is 12.8. The average molecular weight is 332 g/mol. The summed E-state index contributed by atoms with van der Waals surface area (Å²) in [5.74, 6) is 0. The zero-order valence-corrected chi connectivity index (χ0v) is 14.7. The molecule has 1 aromatic heterocycles. The number of nitrogens with one attached hydrogen (secondary N) is 1. The third-order valence-corrected chi connectivity index (χ3v) is 6.97. The van der Waals surface area contributed by atoms with Crippen LogP contribution in [0.1, 0.15) is 23.1 Å².